The van der Waals surface area contributed by atoms with Gasteiger partial charge in [-0.25, -0.2) is 0 Å². The van der Waals surface area contributed by atoms with Crippen LogP contribution in [0.3, 0.4) is 0 Å². The highest BCUT2D eigenvalue weighted by molar-refractivity contribution is 6.48. The highest BCUT2D eigenvalue weighted by Gasteiger charge is 2.35. The number of allylic oxidation sites excluding steroid dienone is 1. The van der Waals surface area contributed by atoms with Gasteiger partial charge in [-0.15, -0.1) is 0 Å². The van der Waals surface area contributed by atoms with Crippen molar-refractivity contribution in [1.29, 1.82) is 0 Å². The minimum Gasteiger partial charge on any atom is -0.391 e. The van der Waals surface area contributed by atoms with Crippen molar-refractivity contribution in [2.45, 2.75) is 57.9 Å². The zero-order chi connectivity index (χ0) is 10.6. The molecule has 1 aliphatic rings. The molecule has 0 aromatic rings. The first-order chi connectivity index (χ1) is 6.58. The van der Waals surface area contributed by atoms with Crippen LogP contribution in [0.25, 0.3) is 0 Å². The van der Waals surface area contributed by atoms with Crippen molar-refractivity contribution in [1.82, 2.24) is 0 Å². The fourth-order valence-electron chi connectivity index (χ4n) is 1.95. The number of rotatable bonds is 5. The van der Waals surface area contributed by atoms with Crippen LogP contribution in [0.5, 0.6) is 0 Å². The van der Waals surface area contributed by atoms with Gasteiger partial charge in [0, 0.05) is 6.42 Å². The Morgan fingerprint density at radius 2 is 2.29 bits per heavy atom. The molecule has 0 saturated heterocycles. The molecular weight excluding hydrogens is 192 g/mol. The highest BCUT2D eigenvalue weighted by Crippen LogP contribution is 2.35. The molecule has 0 spiro atoms. The van der Waals surface area contributed by atoms with Gasteiger partial charge >= 0.3 is 0 Å². The van der Waals surface area contributed by atoms with Crippen LogP contribution in [0, 0.1) is 0 Å². The molecule has 0 fully saturated rings. The third-order valence-electron chi connectivity index (χ3n) is 2.61. The maximum atomic E-state index is 10.3. The van der Waals surface area contributed by atoms with Crippen molar-refractivity contribution in [2.24, 2.45) is 0 Å². The molecule has 0 aromatic carbocycles. The van der Waals surface area contributed by atoms with Gasteiger partial charge in [-0.3, -0.25) is 0 Å². The van der Waals surface area contributed by atoms with Crippen LogP contribution in [0.4, 0.5) is 0 Å². The van der Waals surface area contributed by atoms with E-state index in [2.05, 4.69) is 26.1 Å². The highest BCUT2D eigenvalue weighted by atomic mass is 28.3. The van der Waals surface area contributed by atoms with Crippen LogP contribution in [0.1, 0.15) is 39.0 Å². The first-order valence-corrected chi connectivity index (χ1v) is 8.46. The summed E-state index contributed by atoms with van der Waals surface area (Å²) in [5.74, 6) is -0.893. The van der Waals surface area contributed by atoms with Crippen molar-refractivity contribution < 1.29 is 9.53 Å². The van der Waals surface area contributed by atoms with Crippen LogP contribution in [-0.2, 0) is 4.43 Å². The molecule has 0 aromatic heterocycles. The van der Waals surface area contributed by atoms with E-state index in [0.29, 0.717) is 0 Å². The monoisotopic (exact) mass is 214 g/mol. The fraction of sp³-hybridized carbons (Fsp3) is 0.818. The summed E-state index contributed by atoms with van der Waals surface area (Å²) in [6.45, 7) is 6.38. The summed E-state index contributed by atoms with van der Waals surface area (Å²) >= 11 is 0. The van der Waals surface area contributed by atoms with E-state index in [9.17, 15) is 5.11 Å². The fourth-order valence-corrected chi connectivity index (χ4v) is 3.00. The molecule has 1 unspecified atom stereocenters. The summed E-state index contributed by atoms with van der Waals surface area (Å²) in [7, 11) is -1.15. The Bertz CT molecular complexity index is 213. The Kier molecular flexibility index (Phi) is 4.35. The predicted octanol–water partition coefficient (Wildman–Crippen LogP) is 2.59. The maximum absolute atomic E-state index is 10.3. The lowest BCUT2D eigenvalue weighted by atomic mass is 10.0. The summed E-state index contributed by atoms with van der Waals surface area (Å²) in [4.78, 5) is 0. The van der Waals surface area contributed by atoms with Crippen LogP contribution >= 0.6 is 0 Å². The van der Waals surface area contributed by atoms with Gasteiger partial charge in [-0.2, -0.15) is 0 Å². The molecule has 14 heavy (non-hydrogen) atoms. The minimum absolute atomic E-state index is 0.761. The van der Waals surface area contributed by atoms with Gasteiger partial charge in [0.15, 0.2) is 14.8 Å². The third-order valence-corrected chi connectivity index (χ3v) is 3.47. The molecule has 0 amide bonds. The Hall–Kier alpha value is -0.123. The van der Waals surface area contributed by atoms with Crippen molar-refractivity contribution in [2.75, 3.05) is 0 Å². The molecule has 1 atom stereocenters. The topological polar surface area (TPSA) is 29.5 Å². The van der Waals surface area contributed by atoms with Crippen LogP contribution < -0.4 is 0 Å². The van der Waals surface area contributed by atoms with Gasteiger partial charge in [0.05, 0.1) is 0 Å². The molecule has 0 radical (unpaired) electrons. The normalized spacial score (nSPS) is 27.1. The van der Waals surface area contributed by atoms with E-state index < -0.39 is 14.8 Å². The van der Waals surface area contributed by atoms with Crippen molar-refractivity contribution in [3.05, 3.63) is 11.6 Å². The Morgan fingerprint density at radius 1 is 1.57 bits per heavy atom. The van der Waals surface area contributed by atoms with E-state index in [1.54, 1.807) is 0 Å². The van der Waals surface area contributed by atoms with Crippen molar-refractivity contribution >= 4 is 9.04 Å². The Labute approximate surface area is 88.7 Å². The largest absolute Gasteiger partial charge is 0.391 e. The summed E-state index contributed by atoms with van der Waals surface area (Å²) < 4.78 is 5.73. The van der Waals surface area contributed by atoms with Gasteiger partial charge in [0.2, 0.25) is 0 Å². The van der Waals surface area contributed by atoms with Gasteiger partial charge in [0.1, 0.15) is 0 Å². The second kappa shape index (κ2) is 5.10. The number of hydrogen-bond donors (Lipinski definition) is 1. The average Bonchev–Trinajstić information content (AvgIpc) is 2.42. The SMILES string of the molecule is CCCCC1=CCCC1(O)O[SiH](C)C. The Morgan fingerprint density at radius 3 is 2.86 bits per heavy atom. The molecule has 0 heterocycles. The third kappa shape index (κ3) is 2.94. The van der Waals surface area contributed by atoms with E-state index in [0.717, 1.165) is 31.3 Å². The maximum Gasteiger partial charge on any atom is 0.178 e. The summed E-state index contributed by atoms with van der Waals surface area (Å²) in [6, 6.07) is 0. The number of hydrogen-bond acceptors (Lipinski definition) is 2. The molecule has 2 nitrogen and oxygen atoms in total. The first kappa shape index (κ1) is 11.9. The lowest BCUT2D eigenvalue weighted by molar-refractivity contribution is -0.107. The van der Waals surface area contributed by atoms with Crippen LogP contribution in [0.15, 0.2) is 11.6 Å². The van der Waals surface area contributed by atoms with Gasteiger partial charge in [0.25, 0.3) is 0 Å². The quantitative estimate of drug-likeness (QED) is 0.433. The molecule has 3 heteroatoms. The molecular formula is C11H22O2Si. The van der Waals surface area contributed by atoms with Gasteiger partial charge in [-0.1, -0.05) is 19.4 Å². The summed E-state index contributed by atoms with van der Waals surface area (Å²) in [6.07, 6.45) is 7.21. The molecule has 0 aliphatic heterocycles. The van der Waals surface area contributed by atoms with E-state index >= 15 is 0 Å². The smallest absolute Gasteiger partial charge is 0.178 e. The lowest BCUT2D eigenvalue weighted by Crippen LogP contribution is -2.36. The van der Waals surface area contributed by atoms with E-state index in [-0.39, 0.29) is 0 Å². The van der Waals surface area contributed by atoms with Gasteiger partial charge < -0.3 is 9.53 Å². The lowest BCUT2D eigenvalue weighted by Gasteiger charge is -2.29. The summed E-state index contributed by atoms with van der Waals surface area (Å²) in [5.41, 5.74) is 1.13. The standard InChI is InChI=1S/C11H22O2Si/c1-4-5-7-10-8-6-9-11(10,12)13-14(2)3/h8,12,14H,4-7,9H2,1-3H3. The second-order valence-electron chi connectivity index (χ2n) is 4.32. The minimum atomic E-state index is -1.15. The molecule has 1 aliphatic carbocycles. The van der Waals surface area contributed by atoms with E-state index in [1.165, 1.54) is 6.42 Å². The molecule has 1 N–H and O–H groups in total. The second-order valence-corrected chi connectivity index (χ2v) is 6.66. The zero-order valence-electron chi connectivity index (χ0n) is 9.55. The van der Waals surface area contributed by atoms with Crippen LogP contribution in [-0.4, -0.2) is 19.9 Å². The van der Waals surface area contributed by atoms with Gasteiger partial charge in [-0.05, 0) is 37.9 Å². The van der Waals surface area contributed by atoms with Crippen LogP contribution in [0.2, 0.25) is 13.1 Å². The van der Waals surface area contributed by atoms with E-state index in [4.69, 9.17) is 4.43 Å². The molecule has 82 valence electrons. The van der Waals surface area contributed by atoms with Crippen molar-refractivity contribution in [3.63, 3.8) is 0 Å². The Balaban J connectivity index is 2.55. The average molecular weight is 214 g/mol. The molecule has 0 bridgehead atoms. The molecule has 0 saturated carbocycles. The van der Waals surface area contributed by atoms with Crippen molar-refractivity contribution in [3.8, 4) is 0 Å². The number of aliphatic hydroxyl groups is 1. The predicted molar refractivity (Wildman–Crippen MR) is 61.8 cm³/mol. The zero-order valence-corrected chi connectivity index (χ0v) is 10.7. The number of unbranched alkanes of at least 4 members (excludes halogenated alkanes) is 1. The molecule has 1 rings (SSSR count). The first-order valence-electron chi connectivity index (χ1n) is 5.68. The van der Waals surface area contributed by atoms with E-state index in [1.807, 2.05) is 0 Å². The summed E-state index contributed by atoms with van der Waals surface area (Å²) in [5, 5.41) is 10.3.